The van der Waals surface area contributed by atoms with Gasteiger partial charge in [0.25, 0.3) is 0 Å². The zero-order valence-electron chi connectivity index (χ0n) is 9.79. The van der Waals surface area contributed by atoms with Crippen LogP contribution < -0.4 is 0 Å². The monoisotopic (exact) mass is 194 g/mol. The second-order valence-electron chi connectivity index (χ2n) is 4.10. The van der Waals surface area contributed by atoms with Crippen molar-refractivity contribution in [2.75, 3.05) is 0 Å². The third kappa shape index (κ3) is 6.64. The first-order valence-electron chi connectivity index (χ1n) is 5.39. The van der Waals surface area contributed by atoms with Gasteiger partial charge in [-0.1, -0.05) is 51.0 Å². The Hall–Kier alpha value is -0.850. The van der Waals surface area contributed by atoms with Crippen LogP contribution in [0.2, 0.25) is 0 Å². The molecule has 0 aliphatic heterocycles. The Labute approximate surface area is 87.9 Å². The minimum absolute atomic E-state index is 0.142. The van der Waals surface area contributed by atoms with E-state index in [2.05, 4.69) is 39.0 Å². The summed E-state index contributed by atoms with van der Waals surface area (Å²) in [6.45, 7) is 8.40. The van der Waals surface area contributed by atoms with Gasteiger partial charge in [-0.05, 0) is 19.3 Å². The quantitative estimate of drug-likeness (QED) is 0.465. The fourth-order valence-electron chi connectivity index (χ4n) is 1.17. The molecule has 0 saturated carbocycles. The van der Waals surface area contributed by atoms with Crippen LogP contribution in [0, 0.1) is 11.8 Å². The Morgan fingerprint density at radius 2 is 1.93 bits per heavy atom. The SMILES string of the molecule is CC[C@H](C)/C=C/C=C(\C)C[C@@H](C)C=O. The van der Waals surface area contributed by atoms with Gasteiger partial charge in [0.05, 0.1) is 0 Å². The molecule has 0 spiro atoms. The Morgan fingerprint density at radius 3 is 2.43 bits per heavy atom. The molecule has 0 radical (unpaired) electrons. The lowest BCUT2D eigenvalue weighted by Crippen LogP contribution is -1.95. The summed E-state index contributed by atoms with van der Waals surface area (Å²) < 4.78 is 0. The molecule has 1 nitrogen and oxygen atoms in total. The molecule has 0 amide bonds. The minimum atomic E-state index is 0.142. The lowest BCUT2D eigenvalue weighted by Gasteiger charge is -2.02. The maximum absolute atomic E-state index is 10.4. The lowest BCUT2D eigenvalue weighted by molar-refractivity contribution is -0.110. The van der Waals surface area contributed by atoms with Crippen molar-refractivity contribution in [3.8, 4) is 0 Å². The van der Waals surface area contributed by atoms with E-state index in [4.69, 9.17) is 0 Å². The molecular weight excluding hydrogens is 172 g/mol. The third-order valence-electron chi connectivity index (χ3n) is 2.34. The van der Waals surface area contributed by atoms with Crippen LogP contribution in [0.25, 0.3) is 0 Å². The van der Waals surface area contributed by atoms with Gasteiger partial charge in [0, 0.05) is 5.92 Å². The highest BCUT2D eigenvalue weighted by Gasteiger charge is 1.98. The number of aldehydes is 1. The van der Waals surface area contributed by atoms with Gasteiger partial charge < -0.3 is 4.79 Å². The highest BCUT2D eigenvalue weighted by atomic mass is 16.1. The van der Waals surface area contributed by atoms with Crippen molar-refractivity contribution in [2.45, 2.75) is 40.5 Å². The van der Waals surface area contributed by atoms with E-state index in [1.165, 1.54) is 12.0 Å². The van der Waals surface area contributed by atoms with Gasteiger partial charge in [-0.25, -0.2) is 0 Å². The van der Waals surface area contributed by atoms with E-state index in [9.17, 15) is 4.79 Å². The van der Waals surface area contributed by atoms with Crippen LogP contribution in [0.1, 0.15) is 40.5 Å². The predicted molar refractivity (Wildman–Crippen MR) is 62.2 cm³/mol. The van der Waals surface area contributed by atoms with Crippen molar-refractivity contribution in [2.24, 2.45) is 11.8 Å². The summed E-state index contributed by atoms with van der Waals surface area (Å²) in [5.74, 6) is 0.783. The largest absolute Gasteiger partial charge is 0.303 e. The molecule has 14 heavy (non-hydrogen) atoms. The summed E-state index contributed by atoms with van der Waals surface area (Å²) in [7, 11) is 0. The number of rotatable bonds is 6. The molecule has 0 aliphatic carbocycles. The Kier molecular flexibility index (Phi) is 7.09. The van der Waals surface area contributed by atoms with Crippen LogP contribution in [-0.2, 0) is 4.79 Å². The summed E-state index contributed by atoms with van der Waals surface area (Å²) in [6, 6.07) is 0. The molecule has 0 rings (SSSR count). The van der Waals surface area contributed by atoms with Gasteiger partial charge in [-0.15, -0.1) is 0 Å². The molecule has 0 saturated heterocycles. The van der Waals surface area contributed by atoms with Crippen LogP contribution in [-0.4, -0.2) is 6.29 Å². The molecule has 0 aromatic heterocycles. The summed E-state index contributed by atoms with van der Waals surface area (Å²) in [4.78, 5) is 10.4. The molecule has 0 unspecified atom stereocenters. The van der Waals surface area contributed by atoms with E-state index < -0.39 is 0 Å². The highest BCUT2D eigenvalue weighted by Crippen LogP contribution is 2.09. The van der Waals surface area contributed by atoms with Gasteiger partial charge in [0.1, 0.15) is 6.29 Å². The molecule has 2 atom stereocenters. The number of allylic oxidation sites excluding steroid dienone is 4. The number of carbonyl (C=O) groups excluding carboxylic acids is 1. The summed E-state index contributed by atoms with van der Waals surface area (Å²) in [5, 5.41) is 0. The van der Waals surface area contributed by atoms with Gasteiger partial charge in [0.2, 0.25) is 0 Å². The van der Waals surface area contributed by atoms with E-state index in [0.29, 0.717) is 5.92 Å². The first-order valence-corrected chi connectivity index (χ1v) is 5.39. The Balaban J connectivity index is 3.98. The molecule has 80 valence electrons. The van der Waals surface area contributed by atoms with Crippen LogP contribution >= 0.6 is 0 Å². The van der Waals surface area contributed by atoms with Gasteiger partial charge in [-0.2, -0.15) is 0 Å². The summed E-state index contributed by atoms with van der Waals surface area (Å²) in [6.07, 6.45) is 9.46. The molecule has 0 N–H and O–H groups in total. The van der Waals surface area contributed by atoms with Gasteiger partial charge in [0.15, 0.2) is 0 Å². The van der Waals surface area contributed by atoms with Crippen LogP contribution in [0.15, 0.2) is 23.8 Å². The third-order valence-corrected chi connectivity index (χ3v) is 2.34. The fraction of sp³-hybridized carbons (Fsp3) is 0.615. The molecule has 0 bridgehead atoms. The first kappa shape index (κ1) is 13.2. The standard InChI is InChI=1S/C13H22O/c1-5-11(2)7-6-8-12(3)9-13(4)10-14/h6-8,10-11,13H,5,9H2,1-4H3/b7-6+,12-8+/t11-,13+/m0/s1. The van der Waals surface area contributed by atoms with E-state index in [1.807, 2.05) is 6.92 Å². The Morgan fingerprint density at radius 1 is 1.29 bits per heavy atom. The molecule has 1 heteroatoms. The van der Waals surface area contributed by atoms with E-state index >= 15 is 0 Å². The van der Waals surface area contributed by atoms with Crippen LogP contribution in [0.4, 0.5) is 0 Å². The van der Waals surface area contributed by atoms with Crippen molar-refractivity contribution >= 4 is 6.29 Å². The maximum Gasteiger partial charge on any atom is 0.123 e. The van der Waals surface area contributed by atoms with Crippen LogP contribution in [0.3, 0.4) is 0 Å². The topological polar surface area (TPSA) is 17.1 Å². The van der Waals surface area contributed by atoms with Crippen LogP contribution in [0.5, 0.6) is 0 Å². The summed E-state index contributed by atoms with van der Waals surface area (Å²) >= 11 is 0. The number of carbonyl (C=O) groups is 1. The number of hydrogen-bond acceptors (Lipinski definition) is 1. The zero-order chi connectivity index (χ0) is 11.0. The molecule has 0 aromatic carbocycles. The van der Waals surface area contributed by atoms with Crippen molar-refractivity contribution in [1.29, 1.82) is 0 Å². The van der Waals surface area contributed by atoms with Crippen molar-refractivity contribution in [1.82, 2.24) is 0 Å². The fourth-order valence-corrected chi connectivity index (χ4v) is 1.17. The smallest absolute Gasteiger partial charge is 0.123 e. The highest BCUT2D eigenvalue weighted by molar-refractivity contribution is 5.53. The van der Waals surface area contributed by atoms with E-state index in [0.717, 1.165) is 12.7 Å². The number of hydrogen-bond donors (Lipinski definition) is 0. The minimum Gasteiger partial charge on any atom is -0.303 e. The lowest BCUT2D eigenvalue weighted by atomic mass is 10.0. The zero-order valence-corrected chi connectivity index (χ0v) is 9.79. The predicted octanol–water partition coefficient (Wildman–Crippen LogP) is 3.76. The average molecular weight is 194 g/mol. The molecule has 0 heterocycles. The molecule has 0 fully saturated rings. The average Bonchev–Trinajstić information content (AvgIpc) is 2.17. The van der Waals surface area contributed by atoms with Crippen molar-refractivity contribution < 1.29 is 4.79 Å². The van der Waals surface area contributed by atoms with Gasteiger partial charge >= 0.3 is 0 Å². The van der Waals surface area contributed by atoms with Crippen molar-refractivity contribution in [3.05, 3.63) is 23.8 Å². The normalized spacial score (nSPS) is 17.0. The summed E-state index contributed by atoms with van der Waals surface area (Å²) in [5.41, 5.74) is 1.27. The maximum atomic E-state index is 10.4. The van der Waals surface area contributed by atoms with E-state index in [1.54, 1.807) is 0 Å². The first-order chi connectivity index (χ1) is 6.60. The Bertz CT molecular complexity index is 213. The molecule has 0 aliphatic rings. The van der Waals surface area contributed by atoms with Gasteiger partial charge in [-0.3, -0.25) is 0 Å². The van der Waals surface area contributed by atoms with E-state index in [-0.39, 0.29) is 5.92 Å². The second kappa shape index (κ2) is 7.54. The second-order valence-corrected chi connectivity index (χ2v) is 4.10. The molecular formula is C13H22O. The van der Waals surface area contributed by atoms with Crippen molar-refractivity contribution in [3.63, 3.8) is 0 Å². The molecule has 0 aromatic rings.